The Morgan fingerprint density at radius 2 is 1.52 bits per heavy atom. The van der Waals surface area contributed by atoms with Gasteiger partial charge < -0.3 is 10.6 Å². The van der Waals surface area contributed by atoms with Gasteiger partial charge in [0, 0.05) is 27.0 Å². The number of para-hydroxylation sites is 1. The number of nitrogens with zero attached hydrogens (tertiary/aromatic N) is 1. The Morgan fingerprint density at radius 1 is 0.862 bits per heavy atom. The first-order valence-electron chi connectivity index (χ1n) is 8.74. The number of amidine groups is 1. The fourth-order valence-electron chi connectivity index (χ4n) is 2.68. The molecule has 0 spiro atoms. The number of anilines is 2. The van der Waals surface area contributed by atoms with Gasteiger partial charge in [0.2, 0.25) is 0 Å². The third-order valence-corrected chi connectivity index (χ3v) is 5.66. The van der Waals surface area contributed by atoms with Crippen molar-refractivity contribution in [1.29, 1.82) is 0 Å². The summed E-state index contributed by atoms with van der Waals surface area (Å²) in [4.78, 5) is 17.3. The normalized spacial score (nSPS) is 16.3. The average Bonchev–Trinajstić information content (AvgIpc) is 3.06. The van der Waals surface area contributed by atoms with Gasteiger partial charge in [0.05, 0.1) is 10.6 Å². The number of hydrogen-bond donors (Lipinski definition) is 2. The molecular weight excluding hydrogens is 425 g/mol. The lowest BCUT2D eigenvalue weighted by molar-refractivity contribution is -0.115. The molecule has 4 rings (SSSR count). The molecule has 0 atom stereocenters. The van der Waals surface area contributed by atoms with E-state index < -0.39 is 0 Å². The number of nitrogens with one attached hydrogen (secondary N) is 2. The number of benzene rings is 3. The highest BCUT2D eigenvalue weighted by Gasteiger charge is 2.24. The largest absolute Gasteiger partial charge is 0.356 e. The van der Waals surface area contributed by atoms with Gasteiger partial charge in [-0.25, -0.2) is 4.99 Å². The van der Waals surface area contributed by atoms with Crippen molar-refractivity contribution in [3.8, 4) is 0 Å². The number of rotatable bonds is 4. The van der Waals surface area contributed by atoms with E-state index in [1.165, 1.54) is 11.8 Å². The number of amides is 1. The van der Waals surface area contributed by atoms with Gasteiger partial charge in [-0.05, 0) is 66.4 Å². The second-order valence-electron chi connectivity index (χ2n) is 6.15. The molecule has 1 saturated heterocycles. The number of halogens is 2. The topological polar surface area (TPSA) is 53.5 Å². The SMILES string of the molecule is O=C1NC(=Nc2ccc(Nc3ccccc3)cc2)S/C1=C\c1c(Cl)cccc1Cl. The van der Waals surface area contributed by atoms with E-state index in [1.807, 2.05) is 54.6 Å². The summed E-state index contributed by atoms with van der Waals surface area (Å²) >= 11 is 13.6. The maximum Gasteiger partial charge on any atom is 0.264 e. The summed E-state index contributed by atoms with van der Waals surface area (Å²) in [5.74, 6) is -0.230. The number of carbonyl (C=O) groups excluding carboxylic acids is 1. The summed E-state index contributed by atoms with van der Waals surface area (Å²) in [6.07, 6.45) is 1.68. The van der Waals surface area contributed by atoms with Crippen LogP contribution in [0.2, 0.25) is 10.0 Å². The standard InChI is InChI=1S/C22H15Cl2N3OS/c23-18-7-4-8-19(24)17(18)13-20-21(28)27-22(29-20)26-16-11-9-15(10-12-16)25-14-5-2-1-3-6-14/h1-13,25H,(H,26,27,28)/b20-13-. The molecule has 3 aromatic rings. The van der Waals surface area contributed by atoms with Crippen LogP contribution in [0.4, 0.5) is 17.1 Å². The van der Waals surface area contributed by atoms with Crippen LogP contribution in [0, 0.1) is 0 Å². The van der Waals surface area contributed by atoms with Crippen LogP contribution in [0.5, 0.6) is 0 Å². The molecule has 7 heteroatoms. The van der Waals surface area contributed by atoms with E-state index in [1.54, 1.807) is 24.3 Å². The van der Waals surface area contributed by atoms with E-state index in [0.717, 1.165) is 17.1 Å². The minimum Gasteiger partial charge on any atom is -0.356 e. The van der Waals surface area contributed by atoms with Crippen LogP contribution in [-0.2, 0) is 4.79 Å². The lowest BCUT2D eigenvalue weighted by Crippen LogP contribution is -2.19. The van der Waals surface area contributed by atoms with Crippen LogP contribution in [0.25, 0.3) is 6.08 Å². The highest BCUT2D eigenvalue weighted by Crippen LogP contribution is 2.33. The van der Waals surface area contributed by atoms with Crippen LogP contribution in [0.15, 0.2) is 82.7 Å². The Morgan fingerprint density at radius 3 is 2.21 bits per heavy atom. The number of carbonyl (C=O) groups is 1. The average molecular weight is 440 g/mol. The number of thioether (sulfide) groups is 1. The molecule has 1 heterocycles. The van der Waals surface area contributed by atoms with Gasteiger partial charge in [-0.15, -0.1) is 0 Å². The highest BCUT2D eigenvalue weighted by atomic mass is 35.5. The van der Waals surface area contributed by atoms with Crippen LogP contribution in [0.3, 0.4) is 0 Å². The van der Waals surface area contributed by atoms with Crippen LogP contribution >= 0.6 is 35.0 Å². The first-order chi connectivity index (χ1) is 14.1. The molecule has 1 aliphatic rings. The molecule has 4 nitrogen and oxygen atoms in total. The van der Waals surface area contributed by atoms with Gasteiger partial charge in [0.1, 0.15) is 0 Å². The number of hydrogen-bond acceptors (Lipinski definition) is 4. The monoisotopic (exact) mass is 439 g/mol. The third kappa shape index (κ3) is 4.82. The predicted molar refractivity (Wildman–Crippen MR) is 123 cm³/mol. The maximum absolute atomic E-state index is 12.3. The molecule has 144 valence electrons. The van der Waals surface area contributed by atoms with Crippen molar-refractivity contribution < 1.29 is 4.79 Å². The second-order valence-corrected chi connectivity index (χ2v) is 8.00. The minimum atomic E-state index is -0.230. The van der Waals surface area contributed by atoms with Crippen molar-refractivity contribution in [2.45, 2.75) is 0 Å². The molecule has 0 radical (unpaired) electrons. The first-order valence-corrected chi connectivity index (χ1v) is 10.3. The first kappa shape index (κ1) is 19.6. The zero-order valence-electron chi connectivity index (χ0n) is 15.0. The molecule has 0 saturated carbocycles. The molecule has 0 aromatic heterocycles. The van der Waals surface area contributed by atoms with Crippen molar-refractivity contribution >= 4 is 69.2 Å². The molecule has 0 aliphatic carbocycles. The Labute approximate surface area is 182 Å². The fraction of sp³-hybridized carbons (Fsp3) is 0. The van der Waals surface area contributed by atoms with E-state index in [-0.39, 0.29) is 5.91 Å². The minimum absolute atomic E-state index is 0.230. The quantitative estimate of drug-likeness (QED) is 0.448. The molecule has 29 heavy (non-hydrogen) atoms. The molecule has 1 aliphatic heterocycles. The smallest absolute Gasteiger partial charge is 0.264 e. The van der Waals surface area contributed by atoms with Gasteiger partial charge in [-0.2, -0.15) is 0 Å². The Kier molecular flexibility index (Phi) is 5.90. The van der Waals surface area contributed by atoms with E-state index >= 15 is 0 Å². The van der Waals surface area contributed by atoms with Crippen molar-refractivity contribution in [1.82, 2.24) is 5.32 Å². The molecule has 1 amide bonds. The summed E-state index contributed by atoms with van der Waals surface area (Å²) in [6, 6.07) is 22.8. The summed E-state index contributed by atoms with van der Waals surface area (Å²) in [5, 5.41) is 7.58. The zero-order valence-corrected chi connectivity index (χ0v) is 17.4. The van der Waals surface area contributed by atoms with Crippen LogP contribution in [0.1, 0.15) is 5.56 Å². The molecule has 3 aromatic carbocycles. The van der Waals surface area contributed by atoms with Crippen molar-refractivity contribution in [2.75, 3.05) is 5.32 Å². The summed E-state index contributed by atoms with van der Waals surface area (Å²) in [5.41, 5.74) is 3.32. The van der Waals surface area contributed by atoms with Crippen LogP contribution in [-0.4, -0.2) is 11.1 Å². The van der Waals surface area contributed by atoms with Crippen molar-refractivity contribution in [2.24, 2.45) is 4.99 Å². The van der Waals surface area contributed by atoms with Crippen molar-refractivity contribution in [3.05, 3.63) is 93.3 Å². The van der Waals surface area contributed by atoms with Crippen molar-refractivity contribution in [3.63, 3.8) is 0 Å². The Bertz CT molecular complexity index is 1090. The number of aliphatic imine (C=N–C) groups is 1. The predicted octanol–water partition coefficient (Wildman–Crippen LogP) is 6.63. The van der Waals surface area contributed by atoms with Gasteiger partial charge in [-0.1, -0.05) is 47.5 Å². The van der Waals surface area contributed by atoms with E-state index in [4.69, 9.17) is 23.2 Å². The molecule has 0 unspecified atom stereocenters. The van der Waals surface area contributed by atoms with E-state index in [9.17, 15) is 4.79 Å². The van der Waals surface area contributed by atoms with Gasteiger partial charge >= 0.3 is 0 Å². The second kappa shape index (κ2) is 8.74. The lowest BCUT2D eigenvalue weighted by atomic mass is 10.2. The summed E-state index contributed by atoms with van der Waals surface area (Å²) in [7, 11) is 0. The molecular formula is C22H15Cl2N3OS. The third-order valence-electron chi connectivity index (χ3n) is 4.09. The Hall–Kier alpha value is -2.73. The Balaban J connectivity index is 1.49. The molecule has 1 fully saturated rings. The summed E-state index contributed by atoms with van der Waals surface area (Å²) < 4.78 is 0. The highest BCUT2D eigenvalue weighted by molar-refractivity contribution is 8.18. The zero-order chi connectivity index (χ0) is 20.2. The lowest BCUT2D eigenvalue weighted by Gasteiger charge is -2.06. The van der Waals surface area contributed by atoms with Gasteiger partial charge in [-0.3, -0.25) is 4.79 Å². The van der Waals surface area contributed by atoms with E-state index in [2.05, 4.69) is 15.6 Å². The van der Waals surface area contributed by atoms with E-state index in [0.29, 0.717) is 25.7 Å². The van der Waals surface area contributed by atoms with Crippen LogP contribution < -0.4 is 10.6 Å². The summed E-state index contributed by atoms with van der Waals surface area (Å²) in [6.45, 7) is 0. The molecule has 0 bridgehead atoms. The maximum atomic E-state index is 12.3. The fourth-order valence-corrected chi connectivity index (χ4v) is 4.02. The van der Waals surface area contributed by atoms with Gasteiger partial charge in [0.15, 0.2) is 5.17 Å². The molecule has 2 N–H and O–H groups in total. The van der Waals surface area contributed by atoms with Gasteiger partial charge in [0.25, 0.3) is 5.91 Å².